The number of hydrogen-bond donors (Lipinski definition) is 7. The molecule has 0 radical (unpaired) electrons. The van der Waals surface area contributed by atoms with Gasteiger partial charge in [-0.1, -0.05) is 0 Å². The molecule has 0 heterocycles. The number of carboxylic acid groups (broad SMARTS) is 1. The highest BCUT2D eigenvalue weighted by atomic mass is 16.5. The zero-order valence-electron chi connectivity index (χ0n) is 11.4. The van der Waals surface area contributed by atoms with Crippen LogP contribution in [0.1, 0.15) is 6.92 Å². The summed E-state index contributed by atoms with van der Waals surface area (Å²) in [5.74, 6) is -0.833. The first kappa shape index (κ1) is 22.1. The molecule has 10 nitrogen and oxygen atoms in total. The molecule has 0 saturated heterocycles. The van der Waals surface area contributed by atoms with Crippen molar-refractivity contribution in [1.82, 2.24) is 0 Å². The smallest absolute Gasteiger partial charge is 0.300 e. The van der Waals surface area contributed by atoms with Gasteiger partial charge in [0, 0.05) is 6.92 Å². The lowest BCUT2D eigenvalue weighted by atomic mass is 10.0. The van der Waals surface area contributed by atoms with Crippen molar-refractivity contribution in [2.75, 3.05) is 19.8 Å². The van der Waals surface area contributed by atoms with Crippen LogP contribution in [0.4, 0.5) is 0 Å². The Bertz CT molecular complexity index is 280. The molecule has 0 fully saturated rings. The lowest BCUT2D eigenvalue weighted by molar-refractivity contribution is -0.151. The van der Waals surface area contributed by atoms with Gasteiger partial charge in [-0.25, -0.2) is 0 Å². The number of carbonyl (C=O) groups excluding carboxylic acids is 1. The number of carboxylic acids is 1. The maximum atomic E-state index is 10.6. The van der Waals surface area contributed by atoms with Crippen molar-refractivity contribution < 1.29 is 50.1 Å². The number of aliphatic hydroxyl groups is 6. The van der Waals surface area contributed by atoms with Gasteiger partial charge in [0.2, 0.25) is 0 Å². The second kappa shape index (κ2) is 12.6. The fraction of sp³-hybridized carbons (Fsp3) is 0.818. The molecular formula is C11H22O10. The summed E-state index contributed by atoms with van der Waals surface area (Å²) in [5.41, 5.74) is 0. The van der Waals surface area contributed by atoms with E-state index in [-0.39, 0.29) is 6.29 Å². The van der Waals surface area contributed by atoms with Crippen LogP contribution < -0.4 is 0 Å². The van der Waals surface area contributed by atoms with Crippen molar-refractivity contribution in [2.24, 2.45) is 0 Å². The number of carbonyl (C=O) groups is 2. The SMILES string of the molecule is CC(=O)O.O=C[C@H](OCC(O)CO)[C@@H](O)[C@H](O)[C@H](O)CO. The van der Waals surface area contributed by atoms with E-state index >= 15 is 0 Å². The summed E-state index contributed by atoms with van der Waals surface area (Å²) in [7, 11) is 0. The molecule has 126 valence electrons. The molecule has 10 heteroatoms. The second-order valence-corrected chi connectivity index (χ2v) is 4.02. The van der Waals surface area contributed by atoms with Gasteiger partial charge in [-0.2, -0.15) is 0 Å². The van der Waals surface area contributed by atoms with Crippen LogP contribution in [0.5, 0.6) is 0 Å². The number of aliphatic carboxylic acids is 1. The van der Waals surface area contributed by atoms with Crippen LogP contribution in [0.2, 0.25) is 0 Å². The van der Waals surface area contributed by atoms with Crippen LogP contribution in [-0.4, -0.2) is 98.3 Å². The van der Waals surface area contributed by atoms with Crippen molar-refractivity contribution in [3.05, 3.63) is 0 Å². The fourth-order valence-electron chi connectivity index (χ4n) is 1.02. The van der Waals surface area contributed by atoms with E-state index in [0.717, 1.165) is 6.92 Å². The Morgan fingerprint density at radius 1 is 1.10 bits per heavy atom. The maximum Gasteiger partial charge on any atom is 0.300 e. The standard InChI is InChI=1S/C9H18O8.C2H4O2/c10-1-5(13)4-17-7(3-12)9(16)8(15)6(14)2-11;1-2(3)4/h3,5-11,13-16H,1-2,4H2;1H3,(H,3,4)/t5?,6-,7+,8-,9-;/m1./s1. The fourth-order valence-corrected chi connectivity index (χ4v) is 1.02. The Labute approximate surface area is 120 Å². The third kappa shape index (κ3) is 11.2. The molecule has 7 N–H and O–H groups in total. The molecule has 0 amide bonds. The molecule has 0 aliphatic rings. The van der Waals surface area contributed by atoms with E-state index in [2.05, 4.69) is 0 Å². The van der Waals surface area contributed by atoms with Crippen LogP contribution >= 0.6 is 0 Å². The normalized spacial score (nSPS) is 17.7. The van der Waals surface area contributed by atoms with Gasteiger partial charge in [0.05, 0.1) is 19.8 Å². The quantitative estimate of drug-likeness (QED) is 0.207. The van der Waals surface area contributed by atoms with Crippen LogP contribution in [0.3, 0.4) is 0 Å². The highest BCUT2D eigenvalue weighted by Gasteiger charge is 2.31. The minimum atomic E-state index is -1.76. The van der Waals surface area contributed by atoms with E-state index in [1.165, 1.54) is 0 Å². The van der Waals surface area contributed by atoms with Gasteiger partial charge < -0.3 is 45.3 Å². The van der Waals surface area contributed by atoms with Gasteiger partial charge in [0.1, 0.15) is 30.5 Å². The summed E-state index contributed by atoms with van der Waals surface area (Å²) < 4.78 is 4.74. The number of hydrogen-bond acceptors (Lipinski definition) is 9. The zero-order chi connectivity index (χ0) is 17.0. The third-order valence-corrected chi connectivity index (χ3v) is 2.09. The first-order chi connectivity index (χ1) is 9.70. The summed E-state index contributed by atoms with van der Waals surface area (Å²) in [6.45, 7) is -0.703. The van der Waals surface area contributed by atoms with E-state index in [1.54, 1.807) is 0 Å². The predicted molar refractivity (Wildman–Crippen MR) is 67.3 cm³/mol. The van der Waals surface area contributed by atoms with Crippen molar-refractivity contribution >= 4 is 12.3 Å². The summed E-state index contributed by atoms with van der Waals surface area (Å²) >= 11 is 0. The Hall–Kier alpha value is -1.14. The van der Waals surface area contributed by atoms with E-state index < -0.39 is 56.3 Å². The van der Waals surface area contributed by atoms with E-state index in [4.69, 9.17) is 35.1 Å². The second-order valence-electron chi connectivity index (χ2n) is 4.02. The van der Waals surface area contributed by atoms with Gasteiger partial charge in [-0.05, 0) is 0 Å². The first-order valence-electron chi connectivity index (χ1n) is 5.91. The number of ether oxygens (including phenoxy) is 1. The molecule has 0 saturated carbocycles. The van der Waals surface area contributed by atoms with Crippen molar-refractivity contribution in [1.29, 1.82) is 0 Å². The molecule has 5 atom stereocenters. The maximum absolute atomic E-state index is 10.6. The first-order valence-corrected chi connectivity index (χ1v) is 5.91. The van der Waals surface area contributed by atoms with Gasteiger partial charge in [-0.3, -0.25) is 4.79 Å². The van der Waals surface area contributed by atoms with Gasteiger partial charge in [0.25, 0.3) is 5.97 Å². The Morgan fingerprint density at radius 2 is 1.57 bits per heavy atom. The predicted octanol–water partition coefficient (Wildman–Crippen LogP) is -3.91. The molecule has 0 aliphatic carbocycles. The molecule has 0 rings (SSSR count). The average Bonchev–Trinajstić information content (AvgIpc) is 2.44. The lowest BCUT2D eigenvalue weighted by Crippen LogP contribution is -2.48. The van der Waals surface area contributed by atoms with Crippen LogP contribution in [0.25, 0.3) is 0 Å². The van der Waals surface area contributed by atoms with Crippen molar-refractivity contribution in [3.8, 4) is 0 Å². The topological polar surface area (TPSA) is 185 Å². The zero-order valence-corrected chi connectivity index (χ0v) is 11.4. The molecule has 21 heavy (non-hydrogen) atoms. The molecule has 0 bridgehead atoms. The Kier molecular flexibility index (Phi) is 13.3. The molecular weight excluding hydrogens is 292 g/mol. The number of rotatable bonds is 9. The minimum absolute atomic E-state index is 0.183. The van der Waals surface area contributed by atoms with Crippen molar-refractivity contribution in [3.63, 3.8) is 0 Å². The monoisotopic (exact) mass is 314 g/mol. The van der Waals surface area contributed by atoms with Crippen molar-refractivity contribution in [2.45, 2.75) is 37.4 Å². The van der Waals surface area contributed by atoms with Gasteiger partial charge >= 0.3 is 0 Å². The third-order valence-electron chi connectivity index (χ3n) is 2.09. The molecule has 0 spiro atoms. The Morgan fingerprint density at radius 3 is 1.90 bits per heavy atom. The molecule has 1 unspecified atom stereocenters. The summed E-state index contributed by atoms with van der Waals surface area (Å²) in [4.78, 5) is 19.6. The molecule has 0 aromatic carbocycles. The summed E-state index contributed by atoms with van der Waals surface area (Å²) in [6, 6.07) is 0. The number of aliphatic hydroxyl groups excluding tert-OH is 6. The van der Waals surface area contributed by atoms with Gasteiger partial charge in [-0.15, -0.1) is 0 Å². The summed E-state index contributed by atoms with van der Waals surface area (Å²) in [5, 5.41) is 61.2. The highest BCUT2D eigenvalue weighted by molar-refractivity contribution is 5.62. The summed E-state index contributed by atoms with van der Waals surface area (Å²) in [6.07, 6.45) is -7.64. The van der Waals surface area contributed by atoms with E-state index in [9.17, 15) is 15.0 Å². The highest BCUT2D eigenvalue weighted by Crippen LogP contribution is 2.07. The van der Waals surface area contributed by atoms with E-state index in [1.807, 2.05) is 0 Å². The lowest BCUT2D eigenvalue weighted by Gasteiger charge is -2.26. The molecule has 0 aromatic heterocycles. The van der Waals surface area contributed by atoms with Gasteiger partial charge in [0.15, 0.2) is 6.29 Å². The van der Waals surface area contributed by atoms with Crippen LogP contribution in [0.15, 0.2) is 0 Å². The largest absolute Gasteiger partial charge is 0.481 e. The minimum Gasteiger partial charge on any atom is -0.481 e. The Balaban J connectivity index is 0. The average molecular weight is 314 g/mol. The number of aldehydes is 1. The molecule has 0 aromatic rings. The molecule has 0 aliphatic heterocycles. The van der Waals surface area contributed by atoms with Crippen LogP contribution in [-0.2, 0) is 14.3 Å². The van der Waals surface area contributed by atoms with E-state index in [0.29, 0.717) is 0 Å². The van der Waals surface area contributed by atoms with Crippen LogP contribution in [0, 0.1) is 0 Å².